The molecule has 2 aromatic heterocycles. The number of hydrogen-bond acceptors (Lipinski definition) is 7. The second-order valence-corrected chi connectivity index (χ2v) is 7.02. The minimum Gasteiger partial charge on any atom is -0.369 e. The Kier molecular flexibility index (Phi) is 5.10. The highest BCUT2D eigenvalue weighted by Gasteiger charge is 2.15. The van der Waals surface area contributed by atoms with E-state index in [1.165, 1.54) is 12.4 Å². The smallest absolute Gasteiger partial charge is 0.158 e. The van der Waals surface area contributed by atoms with Crippen LogP contribution >= 0.6 is 11.6 Å². The van der Waals surface area contributed by atoms with Crippen LogP contribution in [0, 0.1) is 11.3 Å². The third-order valence-corrected chi connectivity index (χ3v) is 4.99. The molecule has 1 aliphatic rings. The summed E-state index contributed by atoms with van der Waals surface area (Å²) in [5, 5.41) is 12.5. The predicted octanol–water partition coefficient (Wildman–Crippen LogP) is 2.68. The zero-order chi connectivity index (χ0) is 19.5. The van der Waals surface area contributed by atoms with Crippen LogP contribution in [0.3, 0.4) is 0 Å². The number of anilines is 3. The molecule has 4 rings (SSSR count). The predicted molar refractivity (Wildman–Crippen MR) is 108 cm³/mol. The number of hydrogen-bond donors (Lipinski definition) is 1. The molecule has 0 bridgehead atoms. The molecule has 142 valence electrons. The molecule has 0 atom stereocenters. The quantitative estimate of drug-likeness (QED) is 0.728. The fourth-order valence-electron chi connectivity index (χ4n) is 3.07. The van der Waals surface area contributed by atoms with Crippen LogP contribution in [0.2, 0.25) is 5.02 Å². The van der Waals surface area contributed by atoms with E-state index in [0.717, 1.165) is 37.6 Å². The van der Waals surface area contributed by atoms with Crippen LogP contribution in [0.1, 0.15) is 5.69 Å². The van der Waals surface area contributed by atoms with Gasteiger partial charge in [-0.2, -0.15) is 5.26 Å². The molecule has 1 aromatic carbocycles. The first kappa shape index (κ1) is 18.2. The van der Waals surface area contributed by atoms with E-state index in [9.17, 15) is 0 Å². The molecule has 0 saturated carbocycles. The first-order valence-electron chi connectivity index (χ1n) is 8.89. The third kappa shape index (κ3) is 3.91. The molecule has 1 N–H and O–H groups in total. The maximum atomic E-state index is 8.78. The zero-order valence-electron chi connectivity index (χ0n) is 15.4. The number of benzene rings is 1. The van der Waals surface area contributed by atoms with Gasteiger partial charge in [-0.05, 0) is 25.2 Å². The molecule has 8 nitrogen and oxygen atoms in total. The maximum absolute atomic E-state index is 8.78. The highest BCUT2D eigenvalue weighted by Crippen LogP contribution is 2.28. The highest BCUT2D eigenvalue weighted by atomic mass is 35.5. The number of rotatable bonds is 4. The number of nitrogens with one attached hydrogen (secondary N) is 1. The normalized spacial score (nSPS) is 14.7. The summed E-state index contributed by atoms with van der Waals surface area (Å²) in [5.41, 5.74) is 2.25. The fourth-order valence-corrected chi connectivity index (χ4v) is 3.34. The molecule has 1 saturated heterocycles. The van der Waals surface area contributed by atoms with Gasteiger partial charge in [-0.1, -0.05) is 11.6 Å². The van der Waals surface area contributed by atoms with Gasteiger partial charge in [0.2, 0.25) is 0 Å². The van der Waals surface area contributed by atoms with Gasteiger partial charge in [-0.3, -0.25) is 0 Å². The average molecular weight is 395 g/mol. The Labute approximate surface area is 168 Å². The van der Waals surface area contributed by atoms with Crippen LogP contribution in [0.4, 0.5) is 17.3 Å². The van der Waals surface area contributed by atoms with E-state index in [4.69, 9.17) is 16.9 Å². The third-order valence-electron chi connectivity index (χ3n) is 4.68. The lowest BCUT2D eigenvalue weighted by Crippen LogP contribution is -2.44. The summed E-state index contributed by atoms with van der Waals surface area (Å²) in [4.78, 5) is 17.1. The Bertz CT molecular complexity index is 1000. The van der Waals surface area contributed by atoms with Crippen LogP contribution in [0.5, 0.6) is 0 Å². The SMILES string of the molecule is CN1CCN(c2ccc(-n3cnc(Nc4cnc(C#N)cn4)c3)c(Cl)c2)CC1. The molecule has 0 radical (unpaired) electrons. The molecule has 28 heavy (non-hydrogen) atoms. The molecule has 1 fully saturated rings. The summed E-state index contributed by atoms with van der Waals surface area (Å²) in [6, 6.07) is 8.03. The van der Waals surface area contributed by atoms with E-state index in [0.29, 0.717) is 16.7 Å². The Morgan fingerprint density at radius 2 is 1.89 bits per heavy atom. The van der Waals surface area contributed by atoms with Gasteiger partial charge in [0.1, 0.15) is 24.0 Å². The topological polar surface area (TPSA) is 85.9 Å². The van der Waals surface area contributed by atoms with Gasteiger partial charge >= 0.3 is 0 Å². The number of likely N-dealkylation sites (N-methyl/N-ethyl adjacent to an activating group) is 1. The lowest BCUT2D eigenvalue weighted by molar-refractivity contribution is 0.313. The van der Waals surface area contributed by atoms with Crippen molar-refractivity contribution in [2.75, 3.05) is 43.4 Å². The number of imidazole rings is 1. The second kappa shape index (κ2) is 7.84. The van der Waals surface area contributed by atoms with Crippen molar-refractivity contribution in [3.05, 3.63) is 53.8 Å². The van der Waals surface area contributed by atoms with E-state index >= 15 is 0 Å². The minimum atomic E-state index is 0.267. The van der Waals surface area contributed by atoms with E-state index in [-0.39, 0.29) is 5.69 Å². The van der Waals surface area contributed by atoms with Gasteiger partial charge in [-0.15, -0.1) is 0 Å². The maximum Gasteiger partial charge on any atom is 0.158 e. The summed E-state index contributed by atoms with van der Waals surface area (Å²) in [6.45, 7) is 4.09. The largest absolute Gasteiger partial charge is 0.369 e. The van der Waals surface area contributed by atoms with Crippen molar-refractivity contribution in [1.29, 1.82) is 5.26 Å². The molecular weight excluding hydrogens is 376 g/mol. The molecule has 9 heteroatoms. The van der Waals surface area contributed by atoms with E-state index < -0.39 is 0 Å². The average Bonchev–Trinajstić information content (AvgIpc) is 3.17. The Hall–Kier alpha value is -3.15. The minimum absolute atomic E-state index is 0.267. The highest BCUT2D eigenvalue weighted by molar-refractivity contribution is 6.32. The summed E-state index contributed by atoms with van der Waals surface area (Å²) < 4.78 is 1.86. The standard InChI is InChI=1S/C19H19ClN8/c1-26-4-6-27(7-5-26)15-2-3-17(16(20)8-15)28-12-19(24-13-28)25-18-11-22-14(9-21)10-23-18/h2-3,8,10-13H,4-7H2,1H3,(H,23,25). The lowest BCUT2D eigenvalue weighted by atomic mass is 10.2. The zero-order valence-corrected chi connectivity index (χ0v) is 16.1. The number of halogens is 1. The monoisotopic (exact) mass is 394 g/mol. The second-order valence-electron chi connectivity index (χ2n) is 6.62. The van der Waals surface area contributed by atoms with Gasteiger partial charge in [0.15, 0.2) is 5.69 Å². The van der Waals surface area contributed by atoms with Gasteiger partial charge in [0.05, 0.1) is 29.3 Å². The Morgan fingerprint density at radius 1 is 1.07 bits per heavy atom. The first-order valence-corrected chi connectivity index (χ1v) is 9.27. The van der Waals surface area contributed by atoms with Crippen LogP contribution in [-0.2, 0) is 0 Å². The summed E-state index contributed by atoms with van der Waals surface area (Å²) >= 11 is 6.56. The van der Waals surface area contributed by atoms with E-state index in [2.05, 4.69) is 43.2 Å². The summed E-state index contributed by atoms with van der Waals surface area (Å²) in [7, 11) is 2.14. The molecule has 3 heterocycles. The Balaban J connectivity index is 1.49. The number of nitriles is 1. The van der Waals surface area contributed by atoms with Crippen LogP contribution in [0.15, 0.2) is 43.1 Å². The van der Waals surface area contributed by atoms with Crippen molar-refractivity contribution in [3.63, 3.8) is 0 Å². The summed E-state index contributed by atoms with van der Waals surface area (Å²) in [5.74, 6) is 1.12. The molecule has 0 aliphatic carbocycles. The molecule has 0 amide bonds. The first-order chi connectivity index (χ1) is 13.6. The van der Waals surface area contributed by atoms with Gasteiger partial charge < -0.3 is 19.7 Å². The fraction of sp³-hybridized carbons (Fsp3) is 0.263. The van der Waals surface area contributed by atoms with Crippen LogP contribution < -0.4 is 10.2 Å². The van der Waals surface area contributed by atoms with Gasteiger partial charge in [0.25, 0.3) is 0 Å². The molecule has 1 aliphatic heterocycles. The van der Waals surface area contributed by atoms with Crippen LogP contribution in [-0.4, -0.2) is 57.6 Å². The van der Waals surface area contributed by atoms with Crippen molar-refractivity contribution in [3.8, 4) is 11.8 Å². The molecule has 3 aromatic rings. The van der Waals surface area contributed by atoms with E-state index in [1.54, 1.807) is 6.33 Å². The molecule has 0 spiro atoms. The van der Waals surface area contributed by atoms with Crippen molar-refractivity contribution in [2.45, 2.75) is 0 Å². The van der Waals surface area contributed by atoms with Crippen LogP contribution in [0.25, 0.3) is 5.69 Å². The number of aromatic nitrogens is 4. The van der Waals surface area contributed by atoms with Gasteiger partial charge in [-0.25, -0.2) is 15.0 Å². The Morgan fingerprint density at radius 3 is 2.57 bits per heavy atom. The molecule has 0 unspecified atom stereocenters. The summed E-state index contributed by atoms with van der Waals surface area (Å²) in [6.07, 6.45) is 6.43. The van der Waals surface area contributed by atoms with Crippen molar-refractivity contribution in [1.82, 2.24) is 24.4 Å². The number of piperazine rings is 1. The van der Waals surface area contributed by atoms with E-state index in [1.807, 2.05) is 29.0 Å². The van der Waals surface area contributed by atoms with Crippen molar-refractivity contribution < 1.29 is 0 Å². The molecular formula is C19H19ClN8. The van der Waals surface area contributed by atoms with Crippen molar-refractivity contribution in [2.24, 2.45) is 0 Å². The number of nitrogens with zero attached hydrogens (tertiary/aromatic N) is 7. The lowest BCUT2D eigenvalue weighted by Gasteiger charge is -2.34. The van der Waals surface area contributed by atoms with Crippen molar-refractivity contribution >= 4 is 28.9 Å². The van der Waals surface area contributed by atoms with Gasteiger partial charge in [0, 0.05) is 31.9 Å².